The molecule has 230 valence electrons. The molecule has 1 amide bonds. The highest BCUT2D eigenvalue weighted by Crippen LogP contribution is 2.43. The molecule has 0 N–H and O–H groups in total. The van der Waals surface area contributed by atoms with Crippen LogP contribution in [-0.2, 0) is 17.6 Å². The van der Waals surface area contributed by atoms with Gasteiger partial charge in [0.2, 0.25) is 0 Å². The first-order valence-corrected chi connectivity index (χ1v) is 15.3. The lowest BCUT2D eigenvalue weighted by atomic mass is 9.89. The van der Waals surface area contributed by atoms with Gasteiger partial charge in [0.25, 0.3) is 5.91 Å². The Hall–Kier alpha value is -4.10. The summed E-state index contributed by atoms with van der Waals surface area (Å²) in [5, 5.41) is 9.99. The van der Waals surface area contributed by atoms with E-state index in [2.05, 4.69) is 44.5 Å². The van der Waals surface area contributed by atoms with Crippen molar-refractivity contribution in [3.05, 3.63) is 59.7 Å². The molecule has 0 spiro atoms. The van der Waals surface area contributed by atoms with E-state index in [4.69, 9.17) is 14.7 Å². The molecule has 0 unspecified atom stereocenters. The smallest absolute Gasteiger partial charge is 0.319 e. The Bertz CT molecular complexity index is 1670. The highest BCUT2D eigenvalue weighted by Gasteiger charge is 2.34. The molecule has 2 atom stereocenters. The number of nitriles is 1. The summed E-state index contributed by atoms with van der Waals surface area (Å²) in [6.07, 6.45) is 3.93. The number of hydrogen-bond donors (Lipinski definition) is 0. The minimum Gasteiger partial charge on any atom is -0.462 e. The van der Waals surface area contributed by atoms with Crippen LogP contribution in [0.2, 0.25) is 0 Å². The summed E-state index contributed by atoms with van der Waals surface area (Å²) in [6.45, 7) is 9.73. The van der Waals surface area contributed by atoms with E-state index in [0.29, 0.717) is 35.4 Å². The summed E-state index contributed by atoms with van der Waals surface area (Å²) in [5.74, 6) is -1.80. The molecule has 6 rings (SSSR count). The predicted octanol–water partition coefficient (Wildman–Crippen LogP) is 5.45. The predicted molar refractivity (Wildman–Crippen MR) is 165 cm³/mol. The summed E-state index contributed by atoms with van der Waals surface area (Å²) < 4.78 is 36.1. The molecule has 2 saturated heterocycles. The molecule has 0 bridgehead atoms. The Morgan fingerprint density at radius 1 is 1.16 bits per heavy atom. The SMILES string of the molecule is C=C(F)C(=O)N1CCN(c2nc(OC[C@@H]3CCCN3C)nc3cc(-c4cccc5c4CC(C)(C)C5)c(F)cc23)C[C@@H]1CC#N. The number of aromatic nitrogens is 2. The van der Waals surface area contributed by atoms with E-state index in [1.54, 1.807) is 6.07 Å². The molecule has 1 aromatic heterocycles. The first-order valence-electron chi connectivity index (χ1n) is 15.3. The summed E-state index contributed by atoms with van der Waals surface area (Å²) in [5.41, 5.74) is 4.41. The minimum atomic E-state index is -1.06. The van der Waals surface area contributed by atoms with Crippen molar-refractivity contribution in [1.29, 1.82) is 5.26 Å². The lowest BCUT2D eigenvalue weighted by molar-refractivity contribution is -0.131. The number of rotatable bonds is 7. The van der Waals surface area contributed by atoms with Crippen LogP contribution in [0.15, 0.2) is 42.7 Å². The molecule has 44 heavy (non-hydrogen) atoms. The van der Waals surface area contributed by atoms with Gasteiger partial charge in [0.05, 0.1) is 24.0 Å². The Morgan fingerprint density at radius 2 is 1.98 bits per heavy atom. The highest BCUT2D eigenvalue weighted by atomic mass is 19.1. The van der Waals surface area contributed by atoms with E-state index in [0.717, 1.165) is 37.8 Å². The van der Waals surface area contributed by atoms with Crippen LogP contribution in [0.1, 0.15) is 44.2 Å². The topological polar surface area (TPSA) is 85.6 Å². The second-order valence-corrected chi connectivity index (χ2v) is 13.1. The molecule has 3 aliphatic rings. The monoisotopic (exact) mass is 600 g/mol. The average molecular weight is 601 g/mol. The van der Waals surface area contributed by atoms with Gasteiger partial charge < -0.3 is 19.4 Å². The standard InChI is InChI=1S/C34H38F2N6O2/c1-21(35)32(43)42-14-13-41(19-23(42)10-11-37)31-27-15-29(36)26(25-9-5-7-22-17-34(2,3)18-28(22)25)16-30(27)38-33(39-31)44-20-24-8-6-12-40(24)4/h5,7,9,15-16,23-24H,1,6,8,10,12-14,17-20H2,2-4H3/t23-,24-/m0/s1. The molecule has 0 radical (unpaired) electrons. The summed E-state index contributed by atoms with van der Waals surface area (Å²) >= 11 is 0. The molecule has 1 aliphatic carbocycles. The average Bonchev–Trinajstić information content (AvgIpc) is 3.55. The lowest BCUT2D eigenvalue weighted by Crippen LogP contribution is -2.55. The minimum absolute atomic E-state index is 0.00385. The number of halogens is 2. The fraction of sp³-hybridized carbons (Fsp3) is 0.471. The van der Waals surface area contributed by atoms with E-state index in [1.165, 1.54) is 22.1 Å². The molecule has 8 nitrogen and oxygen atoms in total. The number of nitrogens with zero attached hydrogens (tertiary/aromatic N) is 6. The maximum absolute atomic E-state index is 16.1. The number of fused-ring (bicyclic) bond motifs is 2. The number of likely N-dealkylation sites (tertiary alicyclic amines) is 1. The van der Waals surface area contributed by atoms with Gasteiger partial charge in [-0.3, -0.25) is 4.79 Å². The number of hydrogen-bond acceptors (Lipinski definition) is 7. The number of ether oxygens (including phenoxy) is 1. The highest BCUT2D eigenvalue weighted by molar-refractivity contribution is 5.94. The van der Waals surface area contributed by atoms with E-state index in [9.17, 15) is 14.4 Å². The van der Waals surface area contributed by atoms with Gasteiger partial charge in [-0.25, -0.2) is 8.78 Å². The number of piperazine rings is 1. The van der Waals surface area contributed by atoms with Crippen LogP contribution in [0.3, 0.4) is 0 Å². The third kappa shape index (κ3) is 5.73. The van der Waals surface area contributed by atoms with Crippen molar-refractivity contribution in [3.8, 4) is 23.2 Å². The number of anilines is 1. The number of amides is 1. The Morgan fingerprint density at radius 3 is 2.70 bits per heavy atom. The van der Waals surface area contributed by atoms with Crippen molar-refractivity contribution in [1.82, 2.24) is 19.8 Å². The fourth-order valence-electron chi connectivity index (χ4n) is 7.05. The molecule has 3 heterocycles. The van der Waals surface area contributed by atoms with Gasteiger partial charge in [0, 0.05) is 36.6 Å². The van der Waals surface area contributed by atoms with Gasteiger partial charge in [0.15, 0.2) is 5.83 Å². The first kappa shape index (κ1) is 29.9. The molecular formula is C34H38F2N6O2. The molecule has 2 fully saturated rings. The van der Waals surface area contributed by atoms with Crippen LogP contribution < -0.4 is 9.64 Å². The van der Waals surface area contributed by atoms with Gasteiger partial charge in [-0.2, -0.15) is 15.2 Å². The van der Waals surface area contributed by atoms with Gasteiger partial charge in [-0.05, 0) is 73.5 Å². The first-order chi connectivity index (χ1) is 21.0. The number of carbonyl (C=O) groups excluding carboxylic acids is 1. The van der Waals surface area contributed by atoms with Crippen molar-refractivity contribution >= 4 is 22.6 Å². The number of carbonyl (C=O) groups is 1. The quantitative estimate of drug-likeness (QED) is 0.334. The Labute approximate surface area is 256 Å². The van der Waals surface area contributed by atoms with Crippen molar-refractivity contribution in [2.75, 3.05) is 44.7 Å². The summed E-state index contributed by atoms with van der Waals surface area (Å²) in [7, 11) is 2.07. The molecule has 0 saturated carbocycles. The van der Waals surface area contributed by atoms with Crippen LogP contribution in [0.4, 0.5) is 14.6 Å². The molecule has 2 aliphatic heterocycles. The van der Waals surface area contributed by atoms with Crippen molar-refractivity contribution in [2.24, 2.45) is 5.41 Å². The maximum Gasteiger partial charge on any atom is 0.319 e. The number of benzene rings is 2. The van der Waals surface area contributed by atoms with Crippen LogP contribution in [-0.4, -0.2) is 77.6 Å². The lowest BCUT2D eigenvalue weighted by Gasteiger charge is -2.41. The third-order valence-corrected chi connectivity index (χ3v) is 9.31. The summed E-state index contributed by atoms with van der Waals surface area (Å²) in [6, 6.07) is 11.3. The van der Waals surface area contributed by atoms with Crippen molar-refractivity contribution < 1.29 is 18.3 Å². The molecule has 2 aromatic carbocycles. The van der Waals surface area contributed by atoms with E-state index < -0.39 is 17.8 Å². The van der Waals surface area contributed by atoms with Gasteiger partial charge in [-0.15, -0.1) is 0 Å². The zero-order valence-electron chi connectivity index (χ0n) is 25.6. The fourth-order valence-corrected chi connectivity index (χ4v) is 7.05. The Balaban J connectivity index is 1.42. The maximum atomic E-state index is 16.1. The van der Waals surface area contributed by atoms with E-state index in [1.807, 2.05) is 17.0 Å². The van der Waals surface area contributed by atoms with Crippen LogP contribution >= 0.6 is 0 Å². The molecular weight excluding hydrogens is 562 g/mol. The van der Waals surface area contributed by atoms with Crippen molar-refractivity contribution in [3.63, 3.8) is 0 Å². The Kier molecular flexibility index (Phi) is 8.01. The van der Waals surface area contributed by atoms with E-state index in [-0.39, 0.29) is 42.8 Å². The number of likely N-dealkylation sites (N-methyl/N-ethyl adjacent to an activating group) is 1. The van der Waals surface area contributed by atoms with Crippen LogP contribution in [0.5, 0.6) is 6.01 Å². The second-order valence-electron chi connectivity index (χ2n) is 13.1. The van der Waals surface area contributed by atoms with Crippen LogP contribution in [0.25, 0.3) is 22.0 Å². The zero-order chi connectivity index (χ0) is 31.2. The van der Waals surface area contributed by atoms with Gasteiger partial charge in [-0.1, -0.05) is 38.6 Å². The van der Waals surface area contributed by atoms with Gasteiger partial charge in [0.1, 0.15) is 18.2 Å². The molecule has 3 aromatic rings. The van der Waals surface area contributed by atoms with Crippen LogP contribution in [0, 0.1) is 22.6 Å². The molecule has 10 heteroatoms. The largest absolute Gasteiger partial charge is 0.462 e. The normalized spacial score (nSPS) is 21.4. The zero-order valence-corrected chi connectivity index (χ0v) is 25.6. The summed E-state index contributed by atoms with van der Waals surface area (Å²) in [4.78, 5) is 27.5. The van der Waals surface area contributed by atoms with Crippen molar-refractivity contribution in [2.45, 2.75) is 58.0 Å². The van der Waals surface area contributed by atoms with E-state index >= 15 is 4.39 Å². The second kappa shape index (κ2) is 11.8. The van der Waals surface area contributed by atoms with Gasteiger partial charge >= 0.3 is 6.01 Å². The third-order valence-electron chi connectivity index (χ3n) is 9.31.